The van der Waals surface area contributed by atoms with Crippen LogP contribution >= 0.6 is 0 Å². The monoisotopic (exact) mass is 315 g/mol. The van der Waals surface area contributed by atoms with Crippen LogP contribution in [0.4, 0.5) is 4.79 Å². The molecule has 1 aromatic heterocycles. The number of carbonyl (C=O) groups excluding carboxylic acids is 1. The van der Waals surface area contributed by atoms with E-state index in [1.807, 2.05) is 6.92 Å². The number of aromatic nitrogens is 3. The fourth-order valence-corrected chi connectivity index (χ4v) is 3.49. The Morgan fingerprint density at radius 1 is 1.29 bits per heavy atom. The van der Waals surface area contributed by atoms with Gasteiger partial charge in [-0.2, -0.15) is 8.99 Å². The van der Waals surface area contributed by atoms with Gasteiger partial charge in [0.15, 0.2) is 0 Å². The number of nitrogens with zero attached hydrogens (tertiary/aromatic N) is 5. The normalized spacial score (nSPS) is 15.4. The van der Waals surface area contributed by atoms with Gasteiger partial charge in [0.25, 0.3) is 15.2 Å². The van der Waals surface area contributed by atoms with Gasteiger partial charge in [0.2, 0.25) is 0 Å². The zero-order valence-corrected chi connectivity index (χ0v) is 13.4. The average Bonchev–Trinajstić information content (AvgIpc) is 3.15. The Balaban J connectivity index is 2.23. The molecule has 0 N–H and O–H groups in total. The minimum Gasteiger partial charge on any atom is -0.320 e. The fourth-order valence-electron chi connectivity index (χ4n) is 2.20. The quantitative estimate of drug-likeness (QED) is 0.773. The molecule has 0 saturated heterocycles. The summed E-state index contributed by atoms with van der Waals surface area (Å²) in [6, 6.07) is -0.0805. The molecule has 0 bridgehead atoms. The van der Waals surface area contributed by atoms with Crippen LogP contribution in [-0.4, -0.2) is 64.1 Å². The Kier molecular flexibility index (Phi) is 4.62. The number of hydrogen-bond donors (Lipinski definition) is 0. The van der Waals surface area contributed by atoms with Gasteiger partial charge in [-0.1, -0.05) is 13.8 Å². The molecule has 1 saturated carbocycles. The zero-order chi connectivity index (χ0) is 15.6. The van der Waals surface area contributed by atoms with Crippen molar-refractivity contribution in [2.45, 2.75) is 44.8 Å². The van der Waals surface area contributed by atoms with Gasteiger partial charge in [-0.25, -0.2) is 18.2 Å². The first-order chi connectivity index (χ1) is 9.95. The Labute approximate surface area is 124 Å². The molecule has 118 valence electrons. The van der Waals surface area contributed by atoms with Crippen molar-refractivity contribution in [2.24, 2.45) is 0 Å². The summed E-state index contributed by atoms with van der Waals surface area (Å²) >= 11 is 0. The summed E-state index contributed by atoms with van der Waals surface area (Å²) in [5.74, 6) is 0. The van der Waals surface area contributed by atoms with Crippen molar-refractivity contribution in [3.05, 3.63) is 6.33 Å². The molecule has 1 aromatic rings. The smallest absolute Gasteiger partial charge is 0.320 e. The van der Waals surface area contributed by atoms with E-state index in [1.165, 1.54) is 10.6 Å². The van der Waals surface area contributed by atoms with Crippen LogP contribution in [0.25, 0.3) is 0 Å². The molecule has 0 aliphatic heterocycles. The second-order valence-corrected chi connectivity index (χ2v) is 6.69. The molecule has 0 spiro atoms. The van der Waals surface area contributed by atoms with Gasteiger partial charge in [-0.05, 0) is 19.8 Å². The second kappa shape index (κ2) is 6.10. The molecule has 1 aliphatic rings. The molecule has 1 heterocycles. The lowest BCUT2D eigenvalue weighted by Crippen LogP contribution is -2.37. The molecule has 9 heteroatoms. The van der Waals surface area contributed by atoms with Crippen LogP contribution in [0.15, 0.2) is 11.5 Å². The molecular weight excluding hydrogens is 294 g/mol. The van der Waals surface area contributed by atoms with Crippen LogP contribution in [0.1, 0.15) is 33.6 Å². The molecule has 0 unspecified atom stereocenters. The van der Waals surface area contributed by atoms with Crippen LogP contribution in [0, 0.1) is 0 Å². The zero-order valence-electron chi connectivity index (χ0n) is 12.6. The summed E-state index contributed by atoms with van der Waals surface area (Å²) in [6.07, 6.45) is 3.14. The van der Waals surface area contributed by atoms with E-state index in [0.29, 0.717) is 19.6 Å². The van der Waals surface area contributed by atoms with Gasteiger partial charge in [0.1, 0.15) is 6.33 Å². The van der Waals surface area contributed by atoms with Crippen LogP contribution in [0.3, 0.4) is 0 Å². The molecule has 2 rings (SSSR count). The van der Waals surface area contributed by atoms with Crippen molar-refractivity contribution in [3.63, 3.8) is 0 Å². The summed E-state index contributed by atoms with van der Waals surface area (Å²) in [6.45, 7) is 6.63. The van der Waals surface area contributed by atoms with Crippen molar-refractivity contribution >= 4 is 16.1 Å². The van der Waals surface area contributed by atoms with Gasteiger partial charge < -0.3 is 4.90 Å². The topological polar surface area (TPSA) is 88.4 Å². The summed E-state index contributed by atoms with van der Waals surface area (Å²) in [7, 11) is -3.73. The molecule has 0 aromatic carbocycles. The van der Waals surface area contributed by atoms with Crippen molar-refractivity contribution in [1.82, 2.24) is 24.0 Å². The van der Waals surface area contributed by atoms with E-state index in [4.69, 9.17) is 0 Å². The Morgan fingerprint density at radius 2 is 1.90 bits per heavy atom. The molecule has 0 atom stereocenters. The minimum absolute atomic E-state index is 0.245. The van der Waals surface area contributed by atoms with Crippen molar-refractivity contribution in [2.75, 3.05) is 19.6 Å². The van der Waals surface area contributed by atoms with Crippen LogP contribution in [0.2, 0.25) is 0 Å². The Morgan fingerprint density at radius 3 is 2.38 bits per heavy atom. The van der Waals surface area contributed by atoms with E-state index in [1.54, 1.807) is 18.7 Å². The summed E-state index contributed by atoms with van der Waals surface area (Å²) in [5, 5.41) is 3.53. The number of carbonyl (C=O) groups is 1. The predicted octanol–water partition coefficient (Wildman–Crippen LogP) is 0.761. The van der Waals surface area contributed by atoms with Crippen molar-refractivity contribution < 1.29 is 13.2 Å². The molecule has 21 heavy (non-hydrogen) atoms. The van der Waals surface area contributed by atoms with E-state index in [-0.39, 0.29) is 17.2 Å². The number of sulfonamides is 1. The summed E-state index contributed by atoms with van der Waals surface area (Å²) in [5.41, 5.74) is 0. The SMILES string of the molecule is CCN(C(=O)n1cnc(S(=O)(=O)N(CC)CC)n1)C1CC1. The average molecular weight is 315 g/mol. The summed E-state index contributed by atoms with van der Waals surface area (Å²) in [4.78, 5) is 17.8. The third-order valence-electron chi connectivity index (χ3n) is 3.52. The molecule has 1 aliphatic carbocycles. The third kappa shape index (κ3) is 3.08. The maximum Gasteiger partial charge on any atom is 0.346 e. The van der Waals surface area contributed by atoms with Crippen molar-refractivity contribution in [3.8, 4) is 0 Å². The lowest BCUT2D eigenvalue weighted by Gasteiger charge is -2.19. The Hall–Kier alpha value is -1.48. The highest BCUT2D eigenvalue weighted by molar-refractivity contribution is 7.88. The third-order valence-corrected chi connectivity index (χ3v) is 5.36. The van der Waals surface area contributed by atoms with Crippen molar-refractivity contribution in [1.29, 1.82) is 0 Å². The number of hydrogen-bond acceptors (Lipinski definition) is 5. The highest BCUT2D eigenvalue weighted by atomic mass is 32.2. The van der Waals surface area contributed by atoms with E-state index < -0.39 is 10.0 Å². The van der Waals surface area contributed by atoms with Gasteiger partial charge in [-0.3, -0.25) is 0 Å². The molecule has 0 radical (unpaired) electrons. The largest absolute Gasteiger partial charge is 0.346 e. The maximum atomic E-state index is 12.3. The van der Waals surface area contributed by atoms with E-state index in [2.05, 4.69) is 10.1 Å². The predicted molar refractivity (Wildman–Crippen MR) is 76.3 cm³/mol. The van der Waals surface area contributed by atoms with Gasteiger partial charge in [-0.15, -0.1) is 5.10 Å². The van der Waals surface area contributed by atoms with Gasteiger partial charge in [0.05, 0.1) is 0 Å². The molecule has 1 amide bonds. The highest BCUT2D eigenvalue weighted by Crippen LogP contribution is 2.27. The molecular formula is C12H21N5O3S. The van der Waals surface area contributed by atoms with Gasteiger partial charge >= 0.3 is 6.03 Å². The minimum atomic E-state index is -3.73. The highest BCUT2D eigenvalue weighted by Gasteiger charge is 2.33. The molecule has 8 nitrogen and oxygen atoms in total. The van der Waals surface area contributed by atoms with E-state index >= 15 is 0 Å². The first-order valence-corrected chi connectivity index (χ1v) is 8.62. The number of rotatable bonds is 6. The number of amides is 1. The Bertz CT molecular complexity index is 604. The standard InChI is InChI=1S/C12H21N5O3S/c1-4-15(5-2)21(19,20)11-13-9-17(14-11)12(18)16(6-3)10-7-8-10/h9-10H,4-8H2,1-3H3. The van der Waals surface area contributed by atoms with Gasteiger partial charge in [0, 0.05) is 25.7 Å². The first kappa shape index (κ1) is 15.9. The fraction of sp³-hybridized carbons (Fsp3) is 0.750. The summed E-state index contributed by atoms with van der Waals surface area (Å²) < 4.78 is 26.8. The van der Waals surface area contributed by atoms with E-state index in [9.17, 15) is 13.2 Å². The maximum absolute atomic E-state index is 12.3. The van der Waals surface area contributed by atoms with E-state index in [0.717, 1.165) is 17.5 Å². The second-order valence-electron chi connectivity index (χ2n) is 4.86. The lowest BCUT2D eigenvalue weighted by molar-refractivity contribution is 0.196. The lowest BCUT2D eigenvalue weighted by atomic mass is 10.5. The first-order valence-electron chi connectivity index (χ1n) is 7.18. The van der Waals surface area contributed by atoms with Crippen LogP contribution < -0.4 is 0 Å². The van der Waals surface area contributed by atoms with Crippen LogP contribution in [0.5, 0.6) is 0 Å². The molecule has 1 fully saturated rings. The van der Waals surface area contributed by atoms with Crippen LogP contribution in [-0.2, 0) is 10.0 Å².